The molecule has 3 fully saturated rings. The number of carboxylic acids is 1. The van der Waals surface area contributed by atoms with Crippen molar-refractivity contribution in [3.05, 3.63) is 64.2 Å². The number of carbonyl (C=O) groups excluding carboxylic acids is 3. The van der Waals surface area contributed by atoms with E-state index in [2.05, 4.69) is 4.90 Å². The van der Waals surface area contributed by atoms with E-state index in [4.69, 9.17) is 16.7 Å². The van der Waals surface area contributed by atoms with Crippen molar-refractivity contribution in [2.45, 2.75) is 33.1 Å². The maximum Gasteiger partial charge on any atom is 0.335 e. The Labute approximate surface area is 252 Å². The molecule has 0 bridgehead atoms. The first-order valence-electron chi connectivity index (χ1n) is 14.8. The minimum absolute atomic E-state index is 0.0482. The van der Waals surface area contributed by atoms with E-state index in [9.17, 15) is 19.2 Å². The second kappa shape index (κ2) is 12.8. The molecule has 3 aliphatic heterocycles. The van der Waals surface area contributed by atoms with Crippen LogP contribution in [0.15, 0.2) is 42.5 Å². The largest absolute Gasteiger partial charge is 0.478 e. The van der Waals surface area contributed by atoms with Crippen molar-refractivity contribution in [1.29, 1.82) is 0 Å². The van der Waals surface area contributed by atoms with Crippen LogP contribution in [0.3, 0.4) is 0 Å². The predicted molar refractivity (Wildman–Crippen MR) is 161 cm³/mol. The third-order valence-corrected chi connectivity index (χ3v) is 9.51. The van der Waals surface area contributed by atoms with Gasteiger partial charge in [-0.15, -0.1) is 0 Å². The molecule has 0 spiro atoms. The Balaban J connectivity index is 1.15. The van der Waals surface area contributed by atoms with Gasteiger partial charge in [-0.05, 0) is 86.5 Å². The van der Waals surface area contributed by atoms with Crippen LogP contribution in [0.1, 0.15) is 52.5 Å². The van der Waals surface area contributed by atoms with Gasteiger partial charge in [-0.1, -0.05) is 17.7 Å². The van der Waals surface area contributed by atoms with Crippen LogP contribution in [-0.2, 0) is 9.59 Å². The highest BCUT2D eigenvalue weighted by molar-refractivity contribution is 6.31. The van der Waals surface area contributed by atoms with Crippen LogP contribution in [-0.4, -0.2) is 95.9 Å². The van der Waals surface area contributed by atoms with Crippen LogP contribution >= 0.6 is 11.6 Å². The molecule has 3 amide bonds. The van der Waals surface area contributed by atoms with Crippen molar-refractivity contribution in [2.75, 3.05) is 57.3 Å². The molecule has 5 rings (SSSR count). The van der Waals surface area contributed by atoms with Crippen LogP contribution in [0.4, 0.5) is 5.69 Å². The number of nitrogens with zero attached hydrogens (tertiary/aromatic N) is 4. The molecule has 224 valence electrons. The van der Waals surface area contributed by atoms with Crippen molar-refractivity contribution in [3.8, 4) is 0 Å². The smallest absolute Gasteiger partial charge is 0.335 e. The van der Waals surface area contributed by atoms with E-state index >= 15 is 0 Å². The van der Waals surface area contributed by atoms with E-state index < -0.39 is 5.97 Å². The second-order valence-electron chi connectivity index (χ2n) is 11.9. The highest BCUT2D eigenvalue weighted by atomic mass is 35.5. The van der Waals surface area contributed by atoms with Gasteiger partial charge < -0.3 is 24.7 Å². The lowest BCUT2D eigenvalue weighted by Crippen LogP contribution is -2.44. The monoisotopic (exact) mass is 594 g/mol. The normalized spacial score (nSPS) is 20.9. The molecule has 3 aliphatic rings. The topological polar surface area (TPSA) is 101 Å². The highest BCUT2D eigenvalue weighted by Gasteiger charge is 2.41. The summed E-state index contributed by atoms with van der Waals surface area (Å²) in [5, 5.41) is 9.75. The summed E-state index contributed by atoms with van der Waals surface area (Å²) in [6.07, 6.45) is 2.16. The number of anilines is 1. The van der Waals surface area contributed by atoms with Gasteiger partial charge in [0.2, 0.25) is 11.8 Å². The molecule has 3 saturated heterocycles. The molecular weight excluding hydrogens is 556 g/mol. The summed E-state index contributed by atoms with van der Waals surface area (Å²) in [7, 11) is 0. The fourth-order valence-corrected chi connectivity index (χ4v) is 6.78. The van der Waals surface area contributed by atoms with Gasteiger partial charge in [-0.2, -0.15) is 0 Å². The zero-order valence-corrected chi connectivity index (χ0v) is 25.1. The van der Waals surface area contributed by atoms with Gasteiger partial charge in [0.1, 0.15) is 0 Å². The SMILES string of the molecule is CC(=O)N1CCC(C(=O)N(CCCN2CC3CN(C(=O)c4ccc(C(=O)O)cc4)CC3C2)c2ccc(C)c(Cl)c2)CC1. The quantitative estimate of drug-likeness (QED) is 0.495. The first-order valence-corrected chi connectivity index (χ1v) is 15.2. The van der Waals surface area contributed by atoms with Gasteiger partial charge in [0, 0.05) is 74.9 Å². The Hall–Kier alpha value is -3.43. The molecule has 2 unspecified atom stereocenters. The molecule has 0 aromatic heterocycles. The van der Waals surface area contributed by atoms with E-state index in [1.807, 2.05) is 39.8 Å². The van der Waals surface area contributed by atoms with E-state index in [1.54, 1.807) is 19.1 Å². The number of hydrogen-bond donors (Lipinski definition) is 1. The number of hydrogen-bond acceptors (Lipinski definition) is 5. The summed E-state index contributed by atoms with van der Waals surface area (Å²) in [6, 6.07) is 11.9. The average Bonchev–Trinajstić information content (AvgIpc) is 3.55. The third-order valence-electron chi connectivity index (χ3n) is 9.11. The minimum atomic E-state index is -1.00. The van der Waals surface area contributed by atoms with Gasteiger partial charge in [0.05, 0.1) is 5.56 Å². The van der Waals surface area contributed by atoms with E-state index in [1.165, 1.54) is 12.1 Å². The highest BCUT2D eigenvalue weighted by Crippen LogP contribution is 2.32. The summed E-state index contributed by atoms with van der Waals surface area (Å²) in [6.45, 7) is 9.43. The third kappa shape index (κ3) is 6.63. The molecule has 1 N–H and O–H groups in total. The number of piperidine rings is 1. The van der Waals surface area contributed by atoms with Crippen molar-refractivity contribution < 1.29 is 24.3 Å². The first-order chi connectivity index (χ1) is 20.1. The molecule has 9 nitrogen and oxygen atoms in total. The van der Waals surface area contributed by atoms with E-state index in [0.717, 1.165) is 37.3 Å². The molecule has 0 saturated carbocycles. The number of likely N-dealkylation sites (tertiary alicyclic amines) is 3. The van der Waals surface area contributed by atoms with Gasteiger partial charge in [-0.25, -0.2) is 4.79 Å². The number of aromatic carboxylic acids is 1. The minimum Gasteiger partial charge on any atom is -0.478 e. The molecule has 2 aromatic rings. The lowest BCUT2D eigenvalue weighted by Gasteiger charge is -2.34. The van der Waals surface area contributed by atoms with Gasteiger partial charge in [0.15, 0.2) is 0 Å². The van der Waals surface area contributed by atoms with E-state index in [-0.39, 0.29) is 29.2 Å². The number of halogens is 1. The summed E-state index contributed by atoms with van der Waals surface area (Å²) >= 11 is 6.45. The molecule has 0 aliphatic carbocycles. The average molecular weight is 595 g/mol. The first kappa shape index (κ1) is 30.0. The van der Waals surface area contributed by atoms with Crippen LogP contribution in [0.5, 0.6) is 0 Å². The summed E-state index contributed by atoms with van der Waals surface area (Å²) in [4.78, 5) is 57.6. The number of rotatable bonds is 8. The van der Waals surface area contributed by atoms with Crippen LogP contribution in [0.2, 0.25) is 5.02 Å². The Bertz CT molecular complexity index is 1330. The second-order valence-corrected chi connectivity index (χ2v) is 12.3. The molecule has 2 aromatic carbocycles. The number of amides is 3. The summed E-state index contributed by atoms with van der Waals surface area (Å²) < 4.78 is 0. The predicted octanol–water partition coefficient (Wildman–Crippen LogP) is 4.03. The van der Waals surface area contributed by atoms with Crippen LogP contribution < -0.4 is 4.90 Å². The van der Waals surface area contributed by atoms with Crippen LogP contribution in [0.25, 0.3) is 0 Å². The van der Waals surface area contributed by atoms with Crippen molar-refractivity contribution >= 4 is 41.0 Å². The standard InChI is InChI=1S/C32H39ClN4O5/c1-21-4-9-28(16-29(21)33)37(31(40)24-10-14-35(15-11-24)22(2)38)13-3-12-34-17-26-19-36(20-27(26)18-34)30(39)23-5-7-25(8-6-23)32(41)42/h4-9,16,24,26-27H,3,10-15,17-20H2,1-2H3,(H,41,42). The molecule has 10 heteroatoms. The molecule has 3 heterocycles. The zero-order valence-electron chi connectivity index (χ0n) is 24.3. The molecular formula is C32H39ClN4O5. The van der Waals surface area contributed by atoms with Crippen molar-refractivity contribution in [2.24, 2.45) is 17.8 Å². The van der Waals surface area contributed by atoms with Crippen molar-refractivity contribution in [1.82, 2.24) is 14.7 Å². The maximum absolute atomic E-state index is 13.7. The van der Waals surface area contributed by atoms with E-state index in [0.29, 0.717) is 68.0 Å². The number of carboxylic acid groups (broad SMARTS) is 1. The Kier molecular flexibility index (Phi) is 9.18. The number of fused-ring (bicyclic) bond motifs is 1. The Morgan fingerprint density at radius 3 is 2.10 bits per heavy atom. The molecule has 0 radical (unpaired) electrons. The fraction of sp³-hybridized carbons (Fsp3) is 0.500. The van der Waals surface area contributed by atoms with Gasteiger partial charge >= 0.3 is 5.97 Å². The summed E-state index contributed by atoms with van der Waals surface area (Å²) in [5.41, 5.74) is 2.47. The lowest BCUT2D eigenvalue weighted by atomic mass is 9.94. The fourth-order valence-electron chi connectivity index (χ4n) is 6.61. The Morgan fingerprint density at radius 2 is 1.52 bits per heavy atom. The summed E-state index contributed by atoms with van der Waals surface area (Å²) in [5.74, 6) is -0.194. The number of benzene rings is 2. The van der Waals surface area contributed by atoms with Crippen molar-refractivity contribution in [3.63, 3.8) is 0 Å². The zero-order chi connectivity index (χ0) is 30.0. The lowest BCUT2D eigenvalue weighted by molar-refractivity contribution is -0.133. The number of aryl methyl sites for hydroxylation is 1. The molecule has 42 heavy (non-hydrogen) atoms. The van der Waals surface area contributed by atoms with Crippen LogP contribution in [0, 0.1) is 24.7 Å². The van der Waals surface area contributed by atoms with Gasteiger partial charge in [0.25, 0.3) is 5.91 Å². The number of carbonyl (C=O) groups is 4. The Morgan fingerprint density at radius 1 is 0.905 bits per heavy atom. The maximum atomic E-state index is 13.7. The molecule has 2 atom stereocenters. The van der Waals surface area contributed by atoms with Gasteiger partial charge in [-0.3, -0.25) is 14.4 Å².